The molecule has 0 saturated carbocycles. The predicted molar refractivity (Wildman–Crippen MR) is 59.5 cm³/mol. The summed E-state index contributed by atoms with van der Waals surface area (Å²) in [6.45, 7) is 1.09. The minimum Gasteiger partial charge on any atom is -0.490 e. The number of hydrogen-bond donors (Lipinski definition) is 1. The van der Waals surface area contributed by atoms with E-state index in [1.54, 1.807) is 6.07 Å². The molecule has 0 aromatic carbocycles. The molecule has 0 spiro atoms. The van der Waals surface area contributed by atoms with Crippen molar-refractivity contribution in [2.45, 2.75) is 25.7 Å². The Bertz CT molecular complexity index is 374. The van der Waals surface area contributed by atoms with Crippen LogP contribution in [0.3, 0.4) is 0 Å². The largest absolute Gasteiger partial charge is 0.490 e. The van der Waals surface area contributed by atoms with E-state index in [9.17, 15) is 17.6 Å². The van der Waals surface area contributed by atoms with E-state index in [4.69, 9.17) is 4.74 Å². The van der Waals surface area contributed by atoms with E-state index < -0.39 is 18.9 Å². The maximum atomic E-state index is 12.7. The molecule has 7 heteroatoms. The monoisotopic (exact) mass is 266 g/mol. The summed E-state index contributed by atoms with van der Waals surface area (Å²) in [6, 6.07) is 3.10. The highest BCUT2D eigenvalue weighted by molar-refractivity contribution is 5.49. The second-order valence-corrected chi connectivity index (χ2v) is 3.61. The van der Waals surface area contributed by atoms with Crippen LogP contribution >= 0.6 is 0 Å². The number of aromatic nitrogens is 1. The van der Waals surface area contributed by atoms with Crippen molar-refractivity contribution in [2.75, 3.05) is 18.5 Å². The Morgan fingerprint density at radius 1 is 1.44 bits per heavy atom. The topological polar surface area (TPSA) is 34.1 Å². The number of alkyl halides is 4. The summed E-state index contributed by atoms with van der Waals surface area (Å²) in [6.07, 6.45) is -1.61. The van der Waals surface area contributed by atoms with Gasteiger partial charge in [0.2, 0.25) is 0 Å². The van der Waals surface area contributed by atoms with Crippen LogP contribution in [0.2, 0.25) is 0 Å². The van der Waals surface area contributed by atoms with Crippen LogP contribution in [0, 0.1) is 0 Å². The highest BCUT2D eigenvalue weighted by Crippen LogP contribution is 2.26. The molecule has 0 unspecified atom stereocenters. The van der Waals surface area contributed by atoms with Gasteiger partial charge in [0.15, 0.2) is 11.6 Å². The van der Waals surface area contributed by atoms with Crippen LogP contribution in [0.4, 0.5) is 23.4 Å². The van der Waals surface area contributed by atoms with Crippen molar-refractivity contribution in [1.29, 1.82) is 0 Å². The quantitative estimate of drug-likeness (QED) is 0.770. The molecule has 1 N–H and O–H groups in total. The molecule has 0 radical (unpaired) electrons. The molecule has 0 aliphatic carbocycles. The Morgan fingerprint density at radius 3 is 2.78 bits per heavy atom. The number of nitrogens with one attached hydrogen (secondary N) is 1. The summed E-state index contributed by atoms with van der Waals surface area (Å²) in [4.78, 5) is 3.78. The van der Waals surface area contributed by atoms with Gasteiger partial charge in [0.05, 0.1) is 13.2 Å². The summed E-state index contributed by atoms with van der Waals surface area (Å²) < 4.78 is 54.7. The second kappa shape index (κ2) is 6.42. The first-order valence-electron chi connectivity index (χ1n) is 5.45. The van der Waals surface area contributed by atoms with Crippen LogP contribution in [0.5, 0.6) is 5.75 Å². The average molecular weight is 266 g/mol. The van der Waals surface area contributed by atoms with E-state index in [-0.39, 0.29) is 11.6 Å². The Balaban J connectivity index is 2.66. The second-order valence-electron chi connectivity index (χ2n) is 3.61. The van der Waals surface area contributed by atoms with Crippen molar-refractivity contribution >= 4 is 5.82 Å². The molecule has 0 fully saturated rings. The zero-order chi connectivity index (χ0) is 13.6. The van der Waals surface area contributed by atoms with Crippen molar-refractivity contribution < 1.29 is 22.3 Å². The summed E-state index contributed by atoms with van der Waals surface area (Å²) in [5, 5.41) is 2.18. The van der Waals surface area contributed by atoms with Crippen molar-refractivity contribution in [1.82, 2.24) is 4.98 Å². The van der Waals surface area contributed by atoms with Crippen molar-refractivity contribution in [3.63, 3.8) is 0 Å². The van der Waals surface area contributed by atoms with Gasteiger partial charge in [-0.15, -0.1) is 0 Å². The van der Waals surface area contributed by atoms with Crippen LogP contribution in [0.25, 0.3) is 0 Å². The van der Waals surface area contributed by atoms with Crippen LogP contribution in [0.15, 0.2) is 18.3 Å². The number of nitrogens with zero attached hydrogens (tertiary/aromatic N) is 1. The normalized spacial score (nSPS) is 11.7. The molecule has 0 saturated heterocycles. The summed E-state index contributed by atoms with van der Waals surface area (Å²) in [5.41, 5.74) is 0. The third-order valence-electron chi connectivity index (χ3n) is 2.04. The predicted octanol–water partition coefficient (Wildman–Crippen LogP) is 3.18. The summed E-state index contributed by atoms with van der Waals surface area (Å²) in [5.74, 6) is -3.80. The first kappa shape index (κ1) is 14.5. The van der Waals surface area contributed by atoms with Gasteiger partial charge in [-0.25, -0.2) is 13.8 Å². The molecule has 102 valence electrons. The van der Waals surface area contributed by atoms with Gasteiger partial charge < -0.3 is 10.1 Å². The molecular weight excluding hydrogens is 252 g/mol. The third-order valence-corrected chi connectivity index (χ3v) is 2.04. The van der Waals surface area contributed by atoms with Crippen molar-refractivity contribution in [3.8, 4) is 5.75 Å². The summed E-state index contributed by atoms with van der Waals surface area (Å²) in [7, 11) is 0. The number of rotatable bonds is 7. The van der Waals surface area contributed by atoms with Crippen LogP contribution in [-0.2, 0) is 0 Å². The van der Waals surface area contributed by atoms with E-state index in [1.165, 1.54) is 12.3 Å². The van der Waals surface area contributed by atoms with Crippen LogP contribution < -0.4 is 10.1 Å². The fraction of sp³-hybridized carbons (Fsp3) is 0.545. The zero-order valence-corrected chi connectivity index (χ0v) is 9.80. The first-order chi connectivity index (χ1) is 8.47. The van der Waals surface area contributed by atoms with Gasteiger partial charge in [-0.05, 0) is 18.6 Å². The number of halogens is 4. The van der Waals surface area contributed by atoms with E-state index in [0.29, 0.717) is 6.61 Å². The van der Waals surface area contributed by atoms with E-state index in [0.717, 1.165) is 6.42 Å². The lowest BCUT2D eigenvalue weighted by molar-refractivity contribution is -0.117. The van der Waals surface area contributed by atoms with Gasteiger partial charge in [0.1, 0.15) is 0 Å². The third kappa shape index (κ3) is 4.05. The number of pyridine rings is 1. The van der Waals surface area contributed by atoms with Gasteiger partial charge in [0, 0.05) is 6.20 Å². The SMILES string of the molecule is CCCOc1cccnc1NCC(F)(F)C(F)F. The van der Waals surface area contributed by atoms with E-state index in [2.05, 4.69) is 10.3 Å². The lowest BCUT2D eigenvalue weighted by Gasteiger charge is -2.17. The van der Waals surface area contributed by atoms with E-state index in [1.807, 2.05) is 6.92 Å². The van der Waals surface area contributed by atoms with E-state index >= 15 is 0 Å². The van der Waals surface area contributed by atoms with Crippen molar-refractivity contribution in [3.05, 3.63) is 18.3 Å². The average Bonchev–Trinajstić information content (AvgIpc) is 2.34. The minimum absolute atomic E-state index is 0.0336. The lowest BCUT2D eigenvalue weighted by Crippen LogP contribution is -2.35. The molecule has 0 aliphatic rings. The lowest BCUT2D eigenvalue weighted by atomic mass is 10.3. The molecule has 0 atom stereocenters. The minimum atomic E-state index is -4.10. The molecule has 18 heavy (non-hydrogen) atoms. The number of anilines is 1. The molecule has 1 aromatic rings. The van der Waals surface area contributed by atoms with Gasteiger partial charge >= 0.3 is 12.3 Å². The van der Waals surface area contributed by atoms with Crippen LogP contribution in [0.1, 0.15) is 13.3 Å². The number of hydrogen-bond acceptors (Lipinski definition) is 3. The smallest absolute Gasteiger partial charge is 0.324 e. The maximum Gasteiger partial charge on any atom is 0.324 e. The molecule has 0 amide bonds. The Kier molecular flexibility index (Phi) is 5.18. The molecule has 0 bridgehead atoms. The molecule has 3 nitrogen and oxygen atoms in total. The highest BCUT2D eigenvalue weighted by atomic mass is 19.3. The highest BCUT2D eigenvalue weighted by Gasteiger charge is 2.40. The molecule has 0 aliphatic heterocycles. The van der Waals surface area contributed by atoms with Gasteiger partial charge in [-0.3, -0.25) is 0 Å². The number of ether oxygens (including phenoxy) is 1. The Hall–Kier alpha value is -1.53. The summed E-state index contributed by atoms with van der Waals surface area (Å²) >= 11 is 0. The molecular formula is C11H14F4N2O. The fourth-order valence-corrected chi connectivity index (χ4v) is 1.13. The Labute approximate surface area is 102 Å². The van der Waals surface area contributed by atoms with Gasteiger partial charge in [-0.1, -0.05) is 6.92 Å². The standard InChI is InChI=1S/C11H14F4N2O/c1-2-6-18-8-4-3-5-16-9(8)17-7-11(14,15)10(12)13/h3-5,10H,2,6-7H2,1H3,(H,16,17). The zero-order valence-electron chi connectivity index (χ0n) is 9.80. The first-order valence-corrected chi connectivity index (χ1v) is 5.45. The van der Waals surface area contributed by atoms with Crippen LogP contribution in [-0.4, -0.2) is 30.5 Å². The molecule has 1 heterocycles. The van der Waals surface area contributed by atoms with Gasteiger partial charge in [0.25, 0.3) is 0 Å². The Morgan fingerprint density at radius 2 is 2.17 bits per heavy atom. The van der Waals surface area contributed by atoms with Gasteiger partial charge in [-0.2, -0.15) is 8.78 Å². The maximum absolute atomic E-state index is 12.7. The fourth-order valence-electron chi connectivity index (χ4n) is 1.13. The molecule has 1 aromatic heterocycles. The molecule has 1 rings (SSSR count). The van der Waals surface area contributed by atoms with Crippen molar-refractivity contribution in [2.24, 2.45) is 0 Å².